The Hall–Kier alpha value is -1.51. The molecule has 1 unspecified atom stereocenters. The highest BCUT2D eigenvalue weighted by molar-refractivity contribution is 7.45. The Labute approximate surface area is 345 Å². The van der Waals surface area contributed by atoms with Crippen LogP contribution in [0.2, 0.25) is 0 Å². The fourth-order valence-corrected chi connectivity index (χ4v) is 7.01. The number of hydrogen-bond acceptors (Lipinski definition) is 8. The molecule has 0 rings (SSSR count). The quantitative estimate of drug-likeness (QED) is 0.0197. The monoisotopic (exact) mass is 814 g/mol. The second kappa shape index (κ2) is 39.0. The smallest absolute Gasteiger partial charge is 0.306 e. The average molecular weight is 814 g/mol. The number of hydrogen-bond donors (Lipinski definition) is 0. The van der Waals surface area contributed by atoms with Gasteiger partial charge in [0.15, 0.2) is 6.10 Å². The molecule has 0 aromatic heterocycles. The standard InChI is InChI=1S/C46H88NO8P/c1-6-8-10-12-14-16-18-19-20-21-22-23-24-25-26-27-29-30-32-34-36-38-45(48)52-42-44(43-54-56(50,51)53-41-40-47(3,4)5)55-46(49)39-37-35-33-31-28-17-15-13-11-9-7-2/h13,15,19-20,44H,6-12,14,16-18,21-43H2,1-5H3/b15-13+,20-19+/t44-/m0/s1. The van der Waals surface area contributed by atoms with Crippen molar-refractivity contribution in [3.05, 3.63) is 24.3 Å². The molecule has 56 heavy (non-hydrogen) atoms. The summed E-state index contributed by atoms with van der Waals surface area (Å²) in [7, 11) is 1.16. The molecule has 0 saturated carbocycles. The fraction of sp³-hybridized carbons (Fsp3) is 0.870. The minimum absolute atomic E-state index is 0.0312. The molecule has 0 aliphatic heterocycles. The van der Waals surface area contributed by atoms with Gasteiger partial charge in [0.1, 0.15) is 19.8 Å². The summed E-state index contributed by atoms with van der Waals surface area (Å²) >= 11 is 0. The topological polar surface area (TPSA) is 111 Å². The number of carbonyl (C=O) groups is 2. The van der Waals surface area contributed by atoms with Crippen LogP contribution in [-0.2, 0) is 32.7 Å². The summed E-state index contributed by atoms with van der Waals surface area (Å²) < 4.78 is 33.9. The van der Waals surface area contributed by atoms with Crippen LogP contribution < -0.4 is 4.89 Å². The zero-order chi connectivity index (χ0) is 41.4. The number of esters is 2. The van der Waals surface area contributed by atoms with Crippen molar-refractivity contribution in [3.8, 4) is 0 Å². The molecule has 0 N–H and O–H groups in total. The summed E-state index contributed by atoms with van der Waals surface area (Å²) in [4.78, 5) is 37.5. The highest BCUT2D eigenvalue weighted by Crippen LogP contribution is 2.38. The Morgan fingerprint density at radius 3 is 1.38 bits per heavy atom. The number of quaternary nitrogens is 1. The molecule has 10 heteroatoms. The minimum atomic E-state index is -4.62. The number of unbranched alkanes of at least 4 members (excludes halogenated alkanes) is 24. The van der Waals surface area contributed by atoms with E-state index in [1.165, 1.54) is 116 Å². The molecule has 0 aromatic carbocycles. The zero-order valence-electron chi connectivity index (χ0n) is 37.1. The largest absolute Gasteiger partial charge is 0.756 e. The van der Waals surface area contributed by atoms with E-state index in [-0.39, 0.29) is 32.0 Å². The van der Waals surface area contributed by atoms with Gasteiger partial charge in [-0.05, 0) is 57.8 Å². The van der Waals surface area contributed by atoms with Crippen molar-refractivity contribution >= 4 is 19.8 Å². The van der Waals surface area contributed by atoms with E-state index < -0.39 is 26.5 Å². The molecule has 0 radical (unpaired) electrons. The van der Waals surface area contributed by atoms with Crippen molar-refractivity contribution in [2.45, 2.75) is 213 Å². The van der Waals surface area contributed by atoms with Gasteiger partial charge in [-0.15, -0.1) is 0 Å². The summed E-state index contributed by atoms with van der Waals surface area (Å²) in [6.45, 7) is 4.18. The van der Waals surface area contributed by atoms with Gasteiger partial charge in [0.05, 0.1) is 27.7 Å². The highest BCUT2D eigenvalue weighted by Gasteiger charge is 2.21. The van der Waals surface area contributed by atoms with E-state index in [1.807, 2.05) is 21.1 Å². The van der Waals surface area contributed by atoms with Gasteiger partial charge in [0.2, 0.25) is 0 Å². The van der Waals surface area contributed by atoms with Gasteiger partial charge in [0.25, 0.3) is 7.82 Å². The Balaban J connectivity index is 4.22. The average Bonchev–Trinajstić information content (AvgIpc) is 3.15. The summed E-state index contributed by atoms with van der Waals surface area (Å²) in [6.07, 6.45) is 42.1. The van der Waals surface area contributed by atoms with Gasteiger partial charge < -0.3 is 27.9 Å². The van der Waals surface area contributed by atoms with Crippen LogP contribution in [0.1, 0.15) is 206 Å². The molecule has 0 heterocycles. The van der Waals surface area contributed by atoms with E-state index in [1.54, 1.807) is 0 Å². The number of rotatable bonds is 42. The van der Waals surface area contributed by atoms with E-state index >= 15 is 0 Å². The van der Waals surface area contributed by atoms with Crippen LogP contribution in [0, 0.1) is 0 Å². The molecule has 0 aliphatic carbocycles. The summed E-state index contributed by atoms with van der Waals surface area (Å²) in [5, 5.41) is 0. The van der Waals surface area contributed by atoms with Crippen molar-refractivity contribution in [3.63, 3.8) is 0 Å². The van der Waals surface area contributed by atoms with E-state index in [9.17, 15) is 19.0 Å². The summed E-state index contributed by atoms with van der Waals surface area (Å²) in [5.74, 6) is -0.842. The third kappa shape index (κ3) is 42.1. The first-order chi connectivity index (χ1) is 27.0. The summed E-state index contributed by atoms with van der Waals surface area (Å²) in [6, 6.07) is 0. The lowest BCUT2D eigenvalue weighted by molar-refractivity contribution is -0.870. The number of ether oxygens (including phenoxy) is 2. The first-order valence-corrected chi connectivity index (χ1v) is 24.5. The van der Waals surface area contributed by atoms with Crippen LogP contribution in [0.4, 0.5) is 0 Å². The van der Waals surface area contributed by atoms with Gasteiger partial charge in [0, 0.05) is 12.8 Å². The number of carbonyl (C=O) groups excluding carboxylic acids is 2. The van der Waals surface area contributed by atoms with Crippen LogP contribution in [0.3, 0.4) is 0 Å². The number of phosphoric acid groups is 1. The Morgan fingerprint density at radius 1 is 0.536 bits per heavy atom. The minimum Gasteiger partial charge on any atom is -0.756 e. The molecule has 0 bridgehead atoms. The number of likely N-dealkylation sites (N-methyl/N-ethyl adjacent to an activating group) is 1. The third-order valence-corrected chi connectivity index (χ3v) is 10.9. The van der Waals surface area contributed by atoms with Crippen LogP contribution in [0.5, 0.6) is 0 Å². The lowest BCUT2D eigenvalue weighted by atomic mass is 10.0. The van der Waals surface area contributed by atoms with Crippen molar-refractivity contribution in [2.75, 3.05) is 47.5 Å². The van der Waals surface area contributed by atoms with Gasteiger partial charge in [-0.2, -0.15) is 0 Å². The first kappa shape index (κ1) is 54.5. The molecular formula is C46H88NO8P. The lowest BCUT2D eigenvalue weighted by Gasteiger charge is -2.28. The van der Waals surface area contributed by atoms with Crippen LogP contribution in [-0.4, -0.2) is 70.0 Å². The SMILES string of the molecule is CCCC/C=C/CCCCCCCC(=O)O[C@@H](COC(=O)CCCCCCCCCCCCC/C=C/CCCCCCCC)COP(=O)([O-])OCC[N+](C)(C)C. The van der Waals surface area contributed by atoms with E-state index in [2.05, 4.69) is 38.2 Å². The van der Waals surface area contributed by atoms with Crippen LogP contribution in [0.25, 0.3) is 0 Å². The second-order valence-electron chi connectivity index (χ2n) is 16.8. The van der Waals surface area contributed by atoms with Crippen molar-refractivity contribution in [2.24, 2.45) is 0 Å². The molecule has 0 amide bonds. The van der Waals surface area contributed by atoms with E-state index in [0.717, 1.165) is 57.8 Å². The molecule has 330 valence electrons. The molecule has 0 spiro atoms. The van der Waals surface area contributed by atoms with E-state index in [4.69, 9.17) is 18.5 Å². The second-order valence-corrected chi connectivity index (χ2v) is 18.2. The fourth-order valence-electron chi connectivity index (χ4n) is 6.28. The Bertz CT molecular complexity index is 1010. The predicted octanol–water partition coefficient (Wildman–Crippen LogP) is 12.5. The van der Waals surface area contributed by atoms with Crippen molar-refractivity contribution in [1.82, 2.24) is 0 Å². The van der Waals surface area contributed by atoms with Gasteiger partial charge in [-0.25, -0.2) is 0 Å². The third-order valence-electron chi connectivity index (χ3n) is 9.94. The van der Waals surface area contributed by atoms with Crippen molar-refractivity contribution in [1.29, 1.82) is 0 Å². The van der Waals surface area contributed by atoms with E-state index in [0.29, 0.717) is 17.4 Å². The molecule has 0 aliphatic rings. The molecule has 9 nitrogen and oxygen atoms in total. The highest BCUT2D eigenvalue weighted by atomic mass is 31.2. The Kier molecular flexibility index (Phi) is 37.9. The molecule has 0 saturated heterocycles. The van der Waals surface area contributed by atoms with Gasteiger partial charge >= 0.3 is 11.9 Å². The number of allylic oxidation sites excluding steroid dienone is 4. The zero-order valence-corrected chi connectivity index (χ0v) is 38.0. The van der Waals surface area contributed by atoms with Crippen LogP contribution >= 0.6 is 7.82 Å². The number of phosphoric ester groups is 1. The number of nitrogens with zero attached hydrogens (tertiary/aromatic N) is 1. The lowest BCUT2D eigenvalue weighted by Crippen LogP contribution is -2.37. The van der Waals surface area contributed by atoms with Crippen LogP contribution in [0.15, 0.2) is 24.3 Å². The molecular weight excluding hydrogens is 725 g/mol. The predicted molar refractivity (Wildman–Crippen MR) is 231 cm³/mol. The van der Waals surface area contributed by atoms with Crippen molar-refractivity contribution < 1.29 is 42.1 Å². The van der Waals surface area contributed by atoms with Gasteiger partial charge in [-0.3, -0.25) is 14.2 Å². The summed E-state index contributed by atoms with van der Waals surface area (Å²) in [5.41, 5.74) is 0. The molecule has 0 aromatic rings. The maximum Gasteiger partial charge on any atom is 0.306 e. The Morgan fingerprint density at radius 2 is 0.929 bits per heavy atom. The molecule has 2 atom stereocenters. The maximum absolute atomic E-state index is 12.6. The molecule has 0 fully saturated rings. The van der Waals surface area contributed by atoms with Gasteiger partial charge in [-0.1, -0.05) is 160 Å². The maximum atomic E-state index is 12.6. The normalized spacial score (nSPS) is 13.8. The first-order valence-electron chi connectivity index (χ1n) is 23.0.